The van der Waals surface area contributed by atoms with Crippen molar-refractivity contribution in [3.05, 3.63) is 77.3 Å². The average molecular weight is 335 g/mol. The van der Waals surface area contributed by atoms with E-state index in [1.54, 1.807) is 6.20 Å². The molecule has 0 saturated carbocycles. The molecule has 3 rings (SSSR count). The average Bonchev–Trinajstić information content (AvgIpc) is 2.98. The van der Waals surface area contributed by atoms with Gasteiger partial charge in [0, 0.05) is 28.5 Å². The first-order valence-electron chi connectivity index (χ1n) is 6.86. The molecule has 3 nitrogen and oxygen atoms in total. The molecule has 1 aromatic carbocycles. The molecule has 0 fully saturated rings. The minimum absolute atomic E-state index is 0. The molecule has 2 aromatic heterocycles. The fourth-order valence-electron chi connectivity index (χ4n) is 2.16. The summed E-state index contributed by atoms with van der Waals surface area (Å²) in [4.78, 5) is 4.11. The van der Waals surface area contributed by atoms with Gasteiger partial charge in [0.1, 0.15) is 18.8 Å². The van der Waals surface area contributed by atoms with Gasteiger partial charge in [0.15, 0.2) is 5.76 Å². The van der Waals surface area contributed by atoms with Gasteiger partial charge in [-0.3, -0.25) is 4.98 Å². The lowest BCUT2D eigenvalue weighted by Crippen LogP contribution is -3.00. The summed E-state index contributed by atoms with van der Waals surface area (Å²) in [5.41, 5.74) is 2.25. The van der Waals surface area contributed by atoms with Crippen molar-refractivity contribution in [2.75, 3.05) is 0 Å². The van der Waals surface area contributed by atoms with E-state index in [2.05, 4.69) is 16.4 Å². The van der Waals surface area contributed by atoms with Crippen LogP contribution in [0, 0.1) is 0 Å². The molecule has 0 saturated heterocycles. The lowest BCUT2D eigenvalue weighted by Gasteiger charge is -2.00. The Morgan fingerprint density at radius 2 is 1.82 bits per heavy atom. The van der Waals surface area contributed by atoms with Crippen molar-refractivity contribution in [2.45, 2.75) is 13.1 Å². The maximum Gasteiger partial charge on any atom is 0.158 e. The Hall–Kier alpha value is -1.81. The molecule has 0 radical (unpaired) electrons. The molecular formula is C17H16Cl2N2O. The van der Waals surface area contributed by atoms with Crippen LogP contribution in [0.25, 0.3) is 11.3 Å². The van der Waals surface area contributed by atoms with Crippen LogP contribution < -0.4 is 17.7 Å². The number of hydrogen-bond acceptors (Lipinski definition) is 2. The summed E-state index contributed by atoms with van der Waals surface area (Å²) in [6, 6.07) is 15.7. The summed E-state index contributed by atoms with van der Waals surface area (Å²) < 4.78 is 5.86. The van der Waals surface area contributed by atoms with Crippen molar-refractivity contribution in [3.8, 4) is 11.3 Å². The van der Waals surface area contributed by atoms with Crippen LogP contribution in [0.3, 0.4) is 0 Å². The van der Waals surface area contributed by atoms with Crippen LogP contribution in [0.5, 0.6) is 0 Å². The van der Waals surface area contributed by atoms with Crippen molar-refractivity contribution >= 4 is 11.6 Å². The SMILES string of the molecule is Clc1ccc(-c2ccc(C[NH2+]Cc3cccnc3)o2)cc1.[Cl-]. The molecular weight excluding hydrogens is 319 g/mol. The molecule has 0 spiro atoms. The van der Waals surface area contributed by atoms with Crippen LogP contribution in [-0.2, 0) is 13.1 Å². The van der Waals surface area contributed by atoms with Crippen LogP contribution in [0.15, 0.2) is 65.3 Å². The molecule has 3 aromatic rings. The van der Waals surface area contributed by atoms with Crippen LogP contribution in [0.2, 0.25) is 5.02 Å². The quantitative estimate of drug-likeness (QED) is 0.727. The predicted molar refractivity (Wildman–Crippen MR) is 82.7 cm³/mol. The molecule has 0 aliphatic heterocycles. The summed E-state index contributed by atoms with van der Waals surface area (Å²) in [5.74, 6) is 1.83. The first-order chi connectivity index (χ1) is 10.3. The Balaban J connectivity index is 0.00000176. The van der Waals surface area contributed by atoms with E-state index in [9.17, 15) is 0 Å². The third-order valence-corrected chi connectivity index (χ3v) is 3.49. The van der Waals surface area contributed by atoms with E-state index in [1.807, 2.05) is 48.7 Å². The molecule has 2 heterocycles. The zero-order valence-corrected chi connectivity index (χ0v) is 13.4. The highest BCUT2D eigenvalue weighted by Gasteiger charge is 2.06. The molecule has 0 amide bonds. The topological polar surface area (TPSA) is 42.6 Å². The zero-order valence-electron chi connectivity index (χ0n) is 11.9. The number of pyridine rings is 1. The van der Waals surface area contributed by atoms with Crippen LogP contribution in [-0.4, -0.2) is 4.98 Å². The summed E-state index contributed by atoms with van der Waals surface area (Å²) in [7, 11) is 0. The maximum atomic E-state index is 5.89. The number of halogens is 2. The normalized spacial score (nSPS) is 10.2. The van der Waals surface area contributed by atoms with Gasteiger partial charge >= 0.3 is 0 Å². The number of nitrogens with zero attached hydrogens (tertiary/aromatic N) is 1. The fraction of sp³-hybridized carbons (Fsp3) is 0.118. The Labute approximate surface area is 140 Å². The molecule has 0 aliphatic carbocycles. The maximum absolute atomic E-state index is 5.89. The van der Waals surface area contributed by atoms with Crippen LogP contribution >= 0.6 is 11.6 Å². The predicted octanol–water partition coefficient (Wildman–Crippen LogP) is 0.263. The highest BCUT2D eigenvalue weighted by atomic mass is 35.5. The first-order valence-corrected chi connectivity index (χ1v) is 7.24. The van der Waals surface area contributed by atoms with Gasteiger partial charge in [-0.15, -0.1) is 0 Å². The van der Waals surface area contributed by atoms with E-state index < -0.39 is 0 Å². The van der Waals surface area contributed by atoms with Gasteiger partial charge in [-0.2, -0.15) is 0 Å². The molecule has 5 heteroatoms. The summed E-state index contributed by atoms with van der Waals surface area (Å²) in [5, 5.41) is 2.93. The monoisotopic (exact) mass is 334 g/mol. The van der Waals surface area contributed by atoms with E-state index in [-0.39, 0.29) is 12.4 Å². The third kappa shape index (κ3) is 4.34. The lowest BCUT2D eigenvalue weighted by atomic mass is 10.2. The van der Waals surface area contributed by atoms with E-state index in [4.69, 9.17) is 16.0 Å². The van der Waals surface area contributed by atoms with E-state index in [1.165, 1.54) is 5.56 Å². The van der Waals surface area contributed by atoms with Crippen molar-refractivity contribution in [2.24, 2.45) is 0 Å². The molecule has 22 heavy (non-hydrogen) atoms. The minimum Gasteiger partial charge on any atom is -1.00 e. The van der Waals surface area contributed by atoms with Crippen LogP contribution in [0.4, 0.5) is 0 Å². The van der Waals surface area contributed by atoms with E-state index in [0.29, 0.717) is 0 Å². The van der Waals surface area contributed by atoms with Gasteiger partial charge in [0.05, 0.1) is 0 Å². The van der Waals surface area contributed by atoms with Crippen molar-refractivity contribution in [3.63, 3.8) is 0 Å². The Morgan fingerprint density at radius 1 is 1.00 bits per heavy atom. The Bertz CT molecular complexity index is 696. The molecule has 0 bridgehead atoms. The Kier molecular flexibility index (Phi) is 6.01. The number of aromatic nitrogens is 1. The van der Waals surface area contributed by atoms with Gasteiger partial charge in [-0.25, -0.2) is 0 Å². The second-order valence-corrected chi connectivity index (χ2v) is 5.27. The molecule has 0 aliphatic rings. The zero-order chi connectivity index (χ0) is 14.5. The number of benzene rings is 1. The smallest absolute Gasteiger partial charge is 0.158 e. The fourth-order valence-corrected chi connectivity index (χ4v) is 2.28. The van der Waals surface area contributed by atoms with Gasteiger partial charge in [0.2, 0.25) is 0 Å². The molecule has 2 N–H and O–H groups in total. The highest BCUT2D eigenvalue weighted by Crippen LogP contribution is 2.23. The number of furan rings is 1. The van der Waals surface area contributed by atoms with Crippen molar-refractivity contribution in [1.29, 1.82) is 0 Å². The molecule has 0 unspecified atom stereocenters. The summed E-state index contributed by atoms with van der Waals surface area (Å²) >= 11 is 5.89. The minimum atomic E-state index is 0. The lowest BCUT2D eigenvalue weighted by molar-refractivity contribution is -0.688. The van der Waals surface area contributed by atoms with Crippen molar-refractivity contribution in [1.82, 2.24) is 4.98 Å². The van der Waals surface area contributed by atoms with Gasteiger partial charge in [-0.1, -0.05) is 17.7 Å². The number of nitrogens with two attached hydrogens (primary N) is 1. The van der Waals surface area contributed by atoms with E-state index in [0.717, 1.165) is 35.2 Å². The standard InChI is InChI=1S/C17H15ClN2O.ClH/c18-15-5-3-14(4-6-15)17-8-7-16(21-17)12-20-11-13-2-1-9-19-10-13;/h1-10,20H,11-12H2;1H. The van der Waals surface area contributed by atoms with Gasteiger partial charge < -0.3 is 22.1 Å². The second-order valence-electron chi connectivity index (χ2n) is 4.83. The first kappa shape index (κ1) is 16.6. The van der Waals surface area contributed by atoms with Gasteiger partial charge in [-0.05, 0) is 42.5 Å². The molecule has 114 valence electrons. The highest BCUT2D eigenvalue weighted by molar-refractivity contribution is 6.30. The van der Waals surface area contributed by atoms with Gasteiger partial charge in [0.25, 0.3) is 0 Å². The Morgan fingerprint density at radius 3 is 2.55 bits per heavy atom. The second kappa shape index (κ2) is 7.99. The third-order valence-electron chi connectivity index (χ3n) is 3.24. The largest absolute Gasteiger partial charge is 1.00 e. The number of rotatable bonds is 5. The number of hydrogen-bond donors (Lipinski definition) is 1. The van der Waals surface area contributed by atoms with Crippen LogP contribution in [0.1, 0.15) is 11.3 Å². The molecule has 0 atom stereocenters. The summed E-state index contributed by atoms with van der Waals surface area (Å²) in [6.45, 7) is 1.70. The summed E-state index contributed by atoms with van der Waals surface area (Å²) in [6.07, 6.45) is 3.67. The van der Waals surface area contributed by atoms with Crippen molar-refractivity contribution < 1.29 is 22.1 Å². The van der Waals surface area contributed by atoms with E-state index >= 15 is 0 Å². The number of quaternary nitrogens is 1.